The average molecular weight is 153 g/mol. The molecule has 2 rings (SSSR count). The van der Waals surface area contributed by atoms with E-state index in [4.69, 9.17) is 4.74 Å². The third-order valence-corrected chi connectivity index (χ3v) is 2.26. The Morgan fingerprint density at radius 3 is 2.91 bits per heavy atom. The van der Waals surface area contributed by atoms with Crippen LogP contribution in [0.3, 0.4) is 0 Å². The molecule has 1 N–H and O–H groups in total. The van der Waals surface area contributed by atoms with Gasteiger partial charge >= 0.3 is 0 Å². The summed E-state index contributed by atoms with van der Waals surface area (Å²) in [6, 6.07) is 3.70. The number of aromatic nitrogens is 1. The fraction of sp³-hybridized carbons (Fsp3) is 0.500. The number of epoxide rings is 1. The normalized spacial score (nSPS) is 28.8. The zero-order valence-corrected chi connectivity index (χ0v) is 6.45. The van der Waals surface area contributed by atoms with Gasteiger partial charge in [-0.25, -0.2) is 0 Å². The Morgan fingerprint density at radius 1 is 1.82 bits per heavy atom. The Kier molecular flexibility index (Phi) is 1.23. The molecule has 0 aromatic carbocycles. The first-order valence-electron chi connectivity index (χ1n) is 3.79. The molecule has 1 unspecified atom stereocenters. The van der Waals surface area contributed by atoms with E-state index in [0.29, 0.717) is 0 Å². The number of hydrogen-bond donors (Lipinski definition) is 1. The van der Waals surface area contributed by atoms with Gasteiger partial charge in [0.2, 0.25) is 0 Å². The molecule has 1 atom stereocenters. The minimum Gasteiger partial charge on any atom is -0.429 e. The molecule has 3 heteroatoms. The van der Waals surface area contributed by atoms with Crippen LogP contribution in [0.25, 0.3) is 0 Å². The van der Waals surface area contributed by atoms with Crippen LogP contribution in [0.2, 0.25) is 0 Å². The monoisotopic (exact) mass is 153 g/mol. The van der Waals surface area contributed by atoms with E-state index in [-0.39, 0.29) is 5.60 Å². The zero-order valence-electron chi connectivity index (χ0n) is 6.45. The molecule has 1 aliphatic heterocycles. The van der Waals surface area contributed by atoms with E-state index in [1.165, 1.54) is 0 Å². The molecular formula is C8H11NO2. The first-order valence-corrected chi connectivity index (χ1v) is 3.79. The molecule has 0 saturated carbocycles. The summed E-state index contributed by atoms with van der Waals surface area (Å²) < 4.78 is 6.43. The SMILES string of the molecule is CCC1(c2cccn2O)CO1. The van der Waals surface area contributed by atoms with E-state index in [9.17, 15) is 5.21 Å². The molecule has 0 bridgehead atoms. The lowest BCUT2D eigenvalue weighted by atomic mass is 10.0. The van der Waals surface area contributed by atoms with Gasteiger partial charge in [0.15, 0.2) is 0 Å². The molecule has 11 heavy (non-hydrogen) atoms. The topological polar surface area (TPSA) is 37.7 Å². The van der Waals surface area contributed by atoms with Crippen LogP contribution in [0.1, 0.15) is 19.0 Å². The lowest BCUT2D eigenvalue weighted by Crippen LogP contribution is -2.11. The molecule has 1 fully saturated rings. The Morgan fingerprint density at radius 2 is 2.55 bits per heavy atom. The molecule has 2 heterocycles. The summed E-state index contributed by atoms with van der Waals surface area (Å²) in [4.78, 5) is 0. The standard InChI is InChI=1S/C8H11NO2/c1-2-8(6-11-8)7-4-3-5-9(7)10/h3-5,10H,2,6H2,1H3. The molecular weight excluding hydrogens is 142 g/mol. The van der Waals surface area contributed by atoms with Crippen LogP contribution in [0.4, 0.5) is 0 Å². The highest BCUT2D eigenvalue weighted by Gasteiger charge is 2.47. The molecule has 0 amide bonds. The molecule has 1 aromatic rings. The quantitative estimate of drug-likeness (QED) is 0.514. The van der Waals surface area contributed by atoms with E-state index < -0.39 is 0 Å². The molecule has 0 radical (unpaired) electrons. The first-order chi connectivity index (χ1) is 5.28. The molecule has 0 aliphatic carbocycles. The van der Waals surface area contributed by atoms with Crippen LogP contribution >= 0.6 is 0 Å². The number of hydrogen-bond acceptors (Lipinski definition) is 2. The predicted molar refractivity (Wildman–Crippen MR) is 39.5 cm³/mol. The van der Waals surface area contributed by atoms with Crippen molar-refractivity contribution in [1.82, 2.24) is 4.73 Å². The Balaban J connectivity index is 2.35. The van der Waals surface area contributed by atoms with Gasteiger partial charge in [-0.3, -0.25) is 0 Å². The lowest BCUT2D eigenvalue weighted by Gasteiger charge is -2.07. The maximum Gasteiger partial charge on any atom is 0.134 e. The summed E-state index contributed by atoms with van der Waals surface area (Å²) >= 11 is 0. The van der Waals surface area contributed by atoms with Crippen LogP contribution in [-0.2, 0) is 10.3 Å². The van der Waals surface area contributed by atoms with Crippen molar-refractivity contribution in [3.63, 3.8) is 0 Å². The molecule has 60 valence electrons. The second-order valence-electron chi connectivity index (χ2n) is 2.87. The van der Waals surface area contributed by atoms with Crippen molar-refractivity contribution in [3.8, 4) is 0 Å². The van der Waals surface area contributed by atoms with Crippen LogP contribution in [-0.4, -0.2) is 16.5 Å². The summed E-state index contributed by atoms with van der Waals surface area (Å²) in [6.07, 6.45) is 2.53. The summed E-state index contributed by atoms with van der Waals surface area (Å²) in [6.45, 7) is 2.79. The second kappa shape index (κ2) is 2.01. The van der Waals surface area contributed by atoms with Crippen molar-refractivity contribution in [2.24, 2.45) is 0 Å². The van der Waals surface area contributed by atoms with Crippen molar-refractivity contribution in [2.75, 3.05) is 6.61 Å². The molecule has 0 spiro atoms. The van der Waals surface area contributed by atoms with Crippen molar-refractivity contribution >= 4 is 0 Å². The predicted octanol–water partition coefficient (Wildman–Crippen LogP) is 1.36. The van der Waals surface area contributed by atoms with Crippen molar-refractivity contribution in [2.45, 2.75) is 18.9 Å². The smallest absolute Gasteiger partial charge is 0.134 e. The van der Waals surface area contributed by atoms with Gasteiger partial charge in [-0.15, -0.1) is 0 Å². The highest BCUT2D eigenvalue weighted by molar-refractivity contribution is 5.19. The average Bonchev–Trinajstić information content (AvgIpc) is 2.70. The highest BCUT2D eigenvalue weighted by atomic mass is 16.6. The van der Waals surface area contributed by atoms with E-state index in [1.54, 1.807) is 6.20 Å². The van der Waals surface area contributed by atoms with E-state index in [0.717, 1.165) is 23.5 Å². The summed E-state index contributed by atoms with van der Waals surface area (Å²) in [5.74, 6) is 0. The van der Waals surface area contributed by atoms with Gasteiger partial charge in [-0.2, -0.15) is 4.73 Å². The van der Waals surface area contributed by atoms with Crippen molar-refractivity contribution in [1.29, 1.82) is 0 Å². The molecule has 1 aliphatic rings. The molecule has 1 saturated heterocycles. The van der Waals surface area contributed by atoms with Gasteiger partial charge in [0, 0.05) is 6.20 Å². The van der Waals surface area contributed by atoms with Gasteiger partial charge in [-0.05, 0) is 18.6 Å². The third kappa shape index (κ3) is 0.844. The fourth-order valence-electron chi connectivity index (χ4n) is 1.35. The Bertz CT molecular complexity index is 263. The number of nitrogens with zero attached hydrogens (tertiary/aromatic N) is 1. The van der Waals surface area contributed by atoms with E-state index >= 15 is 0 Å². The largest absolute Gasteiger partial charge is 0.429 e. The second-order valence-corrected chi connectivity index (χ2v) is 2.87. The fourth-order valence-corrected chi connectivity index (χ4v) is 1.35. The van der Waals surface area contributed by atoms with Gasteiger partial charge in [-0.1, -0.05) is 6.92 Å². The first kappa shape index (κ1) is 6.73. The lowest BCUT2D eigenvalue weighted by molar-refractivity contribution is 0.154. The molecule has 3 nitrogen and oxygen atoms in total. The maximum absolute atomic E-state index is 9.29. The van der Waals surface area contributed by atoms with Crippen molar-refractivity contribution in [3.05, 3.63) is 24.0 Å². The van der Waals surface area contributed by atoms with Crippen LogP contribution in [0.5, 0.6) is 0 Å². The maximum atomic E-state index is 9.29. The van der Waals surface area contributed by atoms with Crippen LogP contribution in [0, 0.1) is 0 Å². The van der Waals surface area contributed by atoms with Gasteiger partial charge in [0.05, 0.1) is 12.3 Å². The minimum atomic E-state index is -0.182. The van der Waals surface area contributed by atoms with Gasteiger partial charge < -0.3 is 9.94 Å². The number of rotatable bonds is 2. The van der Waals surface area contributed by atoms with Gasteiger partial charge in [0.1, 0.15) is 5.60 Å². The molecule has 1 aromatic heterocycles. The minimum absolute atomic E-state index is 0.182. The van der Waals surface area contributed by atoms with E-state index in [2.05, 4.69) is 6.92 Å². The summed E-state index contributed by atoms with van der Waals surface area (Å²) in [5.41, 5.74) is 0.679. The number of ether oxygens (including phenoxy) is 1. The zero-order chi connectivity index (χ0) is 7.90. The van der Waals surface area contributed by atoms with Crippen molar-refractivity contribution < 1.29 is 9.94 Å². The van der Waals surface area contributed by atoms with Crippen LogP contribution < -0.4 is 0 Å². The van der Waals surface area contributed by atoms with Crippen LogP contribution in [0.15, 0.2) is 18.3 Å². The summed E-state index contributed by atoms with van der Waals surface area (Å²) in [5, 5.41) is 9.29. The third-order valence-electron chi connectivity index (χ3n) is 2.26. The summed E-state index contributed by atoms with van der Waals surface area (Å²) in [7, 11) is 0. The highest BCUT2D eigenvalue weighted by Crippen LogP contribution is 2.41. The Hall–Kier alpha value is -0.960. The Labute approximate surface area is 65.2 Å². The van der Waals surface area contributed by atoms with Gasteiger partial charge in [0.25, 0.3) is 0 Å². The van der Waals surface area contributed by atoms with E-state index in [1.807, 2.05) is 12.1 Å².